The van der Waals surface area contributed by atoms with Crippen molar-refractivity contribution in [3.63, 3.8) is 0 Å². The molecule has 0 fully saturated rings. The second kappa shape index (κ2) is 7.63. The van der Waals surface area contributed by atoms with Crippen LogP contribution in [0.3, 0.4) is 0 Å². The van der Waals surface area contributed by atoms with Crippen LogP contribution in [0.5, 0.6) is 0 Å². The molecule has 3 aromatic rings. The maximum absolute atomic E-state index is 9.38. The minimum atomic E-state index is 0.548. The Morgan fingerprint density at radius 1 is 1.04 bits per heavy atom. The molecular weight excluding hydrogens is 310 g/mol. The van der Waals surface area contributed by atoms with Crippen molar-refractivity contribution in [2.75, 3.05) is 23.3 Å². The van der Waals surface area contributed by atoms with E-state index in [4.69, 9.17) is 0 Å². The van der Waals surface area contributed by atoms with Crippen LogP contribution in [0.1, 0.15) is 25.0 Å². The average Bonchev–Trinajstić information content (AvgIpc) is 2.68. The molecule has 0 unspecified atom stereocenters. The number of nitrogens with one attached hydrogen (secondary N) is 1. The highest BCUT2D eigenvalue weighted by Gasteiger charge is 2.09. The maximum Gasteiger partial charge on any atom is 0.128 e. The van der Waals surface area contributed by atoms with E-state index in [-0.39, 0.29) is 0 Å². The van der Waals surface area contributed by atoms with E-state index in [1.54, 1.807) is 6.20 Å². The van der Waals surface area contributed by atoms with Crippen molar-refractivity contribution in [3.05, 3.63) is 59.9 Å². The first-order valence-electron chi connectivity index (χ1n) is 8.48. The molecule has 0 aliphatic carbocycles. The molecule has 1 N–H and O–H groups in total. The Bertz CT molecular complexity index is 892. The van der Waals surface area contributed by atoms with Gasteiger partial charge >= 0.3 is 0 Å². The second-order valence-corrected chi connectivity index (χ2v) is 5.73. The van der Waals surface area contributed by atoms with Crippen LogP contribution >= 0.6 is 0 Å². The standard InChI is InChI=1S/C20H21N5/c1-3-25(4-2)19-10-9-15(12-23-19)13-24-20-16(11-21)14-22-18-8-6-5-7-17(18)20/h5-10,12,14H,3-4,13H2,1-2H3,(H,22,24). The van der Waals surface area contributed by atoms with E-state index in [2.05, 4.69) is 46.2 Å². The summed E-state index contributed by atoms with van der Waals surface area (Å²) >= 11 is 0. The van der Waals surface area contributed by atoms with E-state index >= 15 is 0 Å². The first-order valence-corrected chi connectivity index (χ1v) is 8.48. The lowest BCUT2D eigenvalue weighted by Gasteiger charge is -2.19. The van der Waals surface area contributed by atoms with Gasteiger partial charge in [-0.05, 0) is 31.5 Å². The number of pyridine rings is 2. The van der Waals surface area contributed by atoms with E-state index in [1.165, 1.54) is 0 Å². The van der Waals surface area contributed by atoms with E-state index in [0.717, 1.165) is 41.1 Å². The van der Waals surface area contributed by atoms with Crippen LogP contribution in [0.25, 0.3) is 10.9 Å². The molecule has 0 saturated carbocycles. The summed E-state index contributed by atoms with van der Waals surface area (Å²) in [4.78, 5) is 11.1. The minimum absolute atomic E-state index is 0.548. The van der Waals surface area contributed by atoms with Crippen molar-refractivity contribution in [1.29, 1.82) is 5.26 Å². The van der Waals surface area contributed by atoms with Gasteiger partial charge in [-0.3, -0.25) is 4.98 Å². The third-order valence-corrected chi connectivity index (χ3v) is 4.26. The second-order valence-electron chi connectivity index (χ2n) is 5.73. The first-order chi connectivity index (χ1) is 12.3. The van der Waals surface area contributed by atoms with Crippen LogP contribution < -0.4 is 10.2 Å². The van der Waals surface area contributed by atoms with Crippen molar-refractivity contribution in [2.45, 2.75) is 20.4 Å². The Hall–Kier alpha value is -3.13. The van der Waals surface area contributed by atoms with Gasteiger partial charge in [-0.1, -0.05) is 24.3 Å². The van der Waals surface area contributed by atoms with Crippen molar-refractivity contribution >= 4 is 22.4 Å². The third-order valence-electron chi connectivity index (χ3n) is 4.26. The zero-order valence-electron chi connectivity index (χ0n) is 14.5. The summed E-state index contributed by atoms with van der Waals surface area (Å²) in [6.07, 6.45) is 3.50. The highest BCUT2D eigenvalue weighted by molar-refractivity contribution is 5.93. The van der Waals surface area contributed by atoms with Crippen molar-refractivity contribution in [1.82, 2.24) is 9.97 Å². The number of nitrogens with zero attached hydrogens (tertiary/aromatic N) is 4. The summed E-state index contributed by atoms with van der Waals surface area (Å²) < 4.78 is 0. The van der Waals surface area contributed by atoms with Crippen LogP contribution in [-0.4, -0.2) is 23.1 Å². The molecule has 0 atom stereocenters. The Kier molecular flexibility index (Phi) is 5.10. The minimum Gasteiger partial charge on any atom is -0.379 e. The van der Waals surface area contributed by atoms with Gasteiger partial charge in [-0.2, -0.15) is 5.26 Å². The topological polar surface area (TPSA) is 64.8 Å². The van der Waals surface area contributed by atoms with Gasteiger partial charge in [0.05, 0.1) is 16.8 Å². The number of para-hydroxylation sites is 1. The van der Waals surface area contributed by atoms with Gasteiger partial charge < -0.3 is 10.2 Å². The summed E-state index contributed by atoms with van der Waals surface area (Å²) in [5, 5.41) is 13.7. The van der Waals surface area contributed by atoms with Crippen molar-refractivity contribution in [3.8, 4) is 6.07 Å². The van der Waals surface area contributed by atoms with Crippen LogP contribution in [-0.2, 0) is 6.54 Å². The molecule has 3 rings (SSSR count). The molecule has 5 nitrogen and oxygen atoms in total. The smallest absolute Gasteiger partial charge is 0.128 e. The van der Waals surface area contributed by atoms with Gasteiger partial charge in [-0.15, -0.1) is 0 Å². The number of nitriles is 1. The van der Waals surface area contributed by atoms with Gasteiger partial charge in [0, 0.05) is 37.4 Å². The molecule has 126 valence electrons. The van der Waals surface area contributed by atoms with Crippen molar-refractivity contribution < 1.29 is 0 Å². The van der Waals surface area contributed by atoms with E-state index in [9.17, 15) is 5.26 Å². The molecular formula is C20H21N5. The summed E-state index contributed by atoms with van der Waals surface area (Å²) in [5.74, 6) is 0.987. The van der Waals surface area contributed by atoms with E-state index < -0.39 is 0 Å². The van der Waals surface area contributed by atoms with E-state index in [0.29, 0.717) is 12.1 Å². The fraction of sp³-hybridized carbons (Fsp3) is 0.250. The van der Waals surface area contributed by atoms with Crippen LogP contribution in [0, 0.1) is 11.3 Å². The van der Waals surface area contributed by atoms with E-state index in [1.807, 2.05) is 36.5 Å². The molecule has 25 heavy (non-hydrogen) atoms. The van der Waals surface area contributed by atoms with Crippen LogP contribution in [0.2, 0.25) is 0 Å². The van der Waals surface area contributed by atoms with Gasteiger partial charge in [0.25, 0.3) is 0 Å². The summed E-state index contributed by atoms with van der Waals surface area (Å²) in [7, 11) is 0. The predicted octanol–water partition coefficient (Wildman–Crippen LogP) is 3.96. The van der Waals surface area contributed by atoms with Crippen LogP contribution in [0.4, 0.5) is 11.5 Å². The average molecular weight is 331 g/mol. The zero-order valence-corrected chi connectivity index (χ0v) is 14.5. The molecule has 0 radical (unpaired) electrons. The summed E-state index contributed by atoms with van der Waals surface area (Å²) in [6, 6.07) is 14.2. The number of rotatable bonds is 6. The fourth-order valence-electron chi connectivity index (χ4n) is 2.86. The highest BCUT2D eigenvalue weighted by Crippen LogP contribution is 2.26. The van der Waals surface area contributed by atoms with Gasteiger partial charge in [0.15, 0.2) is 0 Å². The summed E-state index contributed by atoms with van der Waals surface area (Å²) in [5.41, 5.74) is 3.31. The van der Waals surface area contributed by atoms with Gasteiger partial charge in [0.2, 0.25) is 0 Å². The lowest BCUT2D eigenvalue weighted by molar-refractivity contribution is 0.844. The Balaban J connectivity index is 1.82. The molecule has 0 aliphatic rings. The quantitative estimate of drug-likeness (QED) is 0.740. The Morgan fingerprint density at radius 3 is 2.52 bits per heavy atom. The lowest BCUT2D eigenvalue weighted by Crippen LogP contribution is -2.22. The summed E-state index contributed by atoms with van der Waals surface area (Å²) in [6.45, 7) is 6.73. The first kappa shape index (κ1) is 16.7. The SMILES string of the molecule is CCN(CC)c1ccc(CNc2c(C#N)cnc3ccccc23)cn1. The predicted molar refractivity (Wildman–Crippen MR) is 102 cm³/mol. The number of aromatic nitrogens is 2. The molecule has 2 aromatic heterocycles. The highest BCUT2D eigenvalue weighted by atomic mass is 15.2. The zero-order chi connectivity index (χ0) is 17.6. The number of hydrogen-bond acceptors (Lipinski definition) is 5. The molecule has 1 aromatic carbocycles. The number of benzene rings is 1. The van der Waals surface area contributed by atoms with Crippen LogP contribution in [0.15, 0.2) is 48.8 Å². The molecule has 0 amide bonds. The molecule has 0 aliphatic heterocycles. The largest absolute Gasteiger partial charge is 0.379 e. The molecule has 0 saturated heterocycles. The molecule has 5 heteroatoms. The molecule has 0 spiro atoms. The third kappa shape index (κ3) is 3.53. The van der Waals surface area contributed by atoms with Gasteiger partial charge in [-0.25, -0.2) is 4.98 Å². The molecule has 0 bridgehead atoms. The number of hydrogen-bond donors (Lipinski definition) is 1. The maximum atomic E-state index is 9.38. The normalized spacial score (nSPS) is 10.4. The Morgan fingerprint density at radius 2 is 1.84 bits per heavy atom. The number of anilines is 2. The number of fused-ring (bicyclic) bond motifs is 1. The monoisotopic (exact) mass is 331 g/mol. The van der Waals surface area contributed by atoms with Crippen molar-refractivity contribution in [2.24, 2.45) is 0 Å². The van der Waals surface area contributed by atoms with Gasteiger partial charge in [0.1, 0.15) is 11.9 Å². The lowest BCUT2D eigenvalue weighted by atomic mass is 10.1. The molecule has 2 heterocycles. The fourth-order valence-corrected chi connectivity index (χ4v) is 2.86. The Labute approximate surface area is 148 Å².